The van der Waals surface area contributed by atoms with Crippen LogP contribution in [-0.4, -0.2) is 36.2 Å². The highest BCUT2D eigenvalue weighted by atomic mass is 16.5. The van der Waals surface area contributed by atoms with Crippen molar-refractivity contribution in [2.75, 3.05) is 7.11 Å². The zero-order valence-electron chi connectivity index (χ0n) is 15.5. The quantitative estimate of drug-likeness (QED) is 0.606. The predicted octanol–water partition coefficient (Wildman–Crippen LogP) is 0.821. The summed E-state index contributed by atoms with van der Waals surface area (Å²) in [5.41, 5.74) is 0.730. The number of rotatable bonds is 6. The molecule has 0 saturated carbocycles. The van der Waals surface area contributed by atoms with E-state index < -0.39 is 17.2 Å². The maximum atomic E-state index is 12.9. The van der Waals surface area contributed by atoms with Crippen molar-refractivity contribution in [2.24, 2.45) is 7.05 Å². The molecule has 0 aromatic carbocycles. The van der Waals surface area contributed by atoms with Gasteiger partial charge in [0, 0.05) is 32.0 Å². The van der Waals surface area contributed by atoms with E-state index in [1.807, 2.05) is 17.7 Å². The van der Waals surface area contributed by atoms with E-state index in [1.54, 1.807) is 11.4 Å². The van der Waals surface area contributed by atoms with E-state index in [2.05, 4.69) is 16.6 Å². The SMILES string of the molecule is CCCCn1c(C)cn2c3c(=O)n(CCC(=O)OC)c(=O)n(C)c3nc12. The molecule has 0 aliphatic rings. The Labute approximate surface area is 149 Å². The molecule has 3 aromatic rings. The van der Waals surface area contributed by atoms with Crippen molar-refractivity contribution < 1.29 is 9.53 Å². The lowest BCUT2D eigenvalue weighted by molar-refractivity contribution is -0.140. The van der Waals surface area contributed by atoms with Crippen LogP contribution in [0.2, 0.25) is 0 Å². The topological polar surface area (TPSA) is 92.5 Å². The van der Waals surface area contributed by atoms with Gasteiger partial charge in [-0.1, -0.05) is 13.3 Å². The van der Waals surface area contributed by atoms with Crippen LogP contribution in [0.3, 0.4) is 0 Å². The van der Waals surface area contributed by atoms with Gasteiger partial charge in [0.05, 0.1) is 13.5 Å². The van der Waals surface area contributed by atoms with E-state index in [0.717, 1.165) is 29.6 Å². The molecule has 9 heteroatoms. The molecule has 0 atom stereocenters. The largest absolute Gasteiger partial charge is 0.469 e. The Morgan fingerprint density at radius 2 is 1.96 bits per heavy atom. The van der Waals surface area contributed by atoms with Gasteiger partial charge in [0.15, 0.2) is 11.2 Å². The summed E-state index contributed by atoms with van der Waals surface area (Å²) in [5, 5.41) is 0. The van der Waals surface area contributed by atoms with Gasteiger partial charge in [0.25, 0.3) is 5.56 Å². The van der Waals surface area contributed by atoms with Crippen LogP contribution in [0.25, 0.3) is 16.9 Å². The zero-order valence-corrected chi connectivity index (χ0v) is 15.5. The number of nitrogens with zero attached hydrogens (tertiary/aromatic N) is 5. The van der Waals surface area contributed by atoms with Gasteiger partial charge in [-0.15, -0.1) is 0 Å². The van der Waals surface area contributed by atoms with Crippen molar-refractivity contribution in [1.29, 1.82) is 0 Å². The van der Waals surface area contributed by atoms with Gasteiger partial charge in [-0.05, 0) is 13.3 Å². The van der Waals surface area contributed by atoms with Gasteiger partial charge in [0.1, 0.15) is 0 Å². The molecule has 0 bridgehead atoms. The van der Waals surface area contributed by atoms with Crippen LogP contribution in [0.5, 0.6) is 0 Å². The minimum atomic E-state index is -0.496. The summed E-state index contributed by atoms with van der Waals surface area (Å²) in [6.07, 6.45) is 3.85. The highest BCUT2D eigenvalue weighted by Crippen LogP contribution is 2.16. The van der Waals surface area contributed by atoms with Crippen LogP contribution < -0.4 is 11.2 Å². The standard InChI is InChI=1S/C17H23N5O4/c1-5-6-8-20-11(2)10-22-13-14(18-16(20)22)19(3)17(25)21(15(13)24)9-7-12(23)26-4/h10H,5-9H2,1-4H3. The fourth-order valence-electron chi connectivity index (χ4n) is 3.15. The van der Waals surface area contributed by atoms with Crippen LogP contribution in [0.15, 0.2) is 15.8 Å². The Morgan fingerprint density at radius 1 is 1.23 bits per heavy atom. The maximum Gasteiger partial charge on any atom is 0.332 e. The number of unbranched alkanes of at least 4 members (excludes halogenated alkanes) is 1. The molecule has 3 rings (SSSR count). The van der Waals surface area contributed by atoms with E-state index in [1.165, 1.54) is 11.7 Å². The summed E-state index contributed by atoms with van der Waals surface area (Å²) in [6, 6.07) is 0. The molecule has 0 amide bonds. The third kappa shape index (κ3) is 2.73. The Bertz CT molecular complexity index is 1100. The third-order valence-corrected chi connectivity index (χ3v) is 4.64. The van der Waals surface area contributed by atoms with Crippen molar-refractivity contribution >= 4 is 22.9 Å². The molecule has 9 nitrogen and oxygen atoms in total. The lowest BCUT2D eigenvalue weighted by atomic mass is 10.3. The lowest BCUT2D eigenvalue weighted by Crippen LogP contribution is -2.39. The molecule has 0 fully saturated rings. The molecule has 0 unspecified atom stereocenters. The summed E-state index contributed by atoms with van der Waals surface area (Å²) in [7, 11) is 2.85. The molecule has 26 heavy (non-hydrogen) atoms. The Kier molecular flexibility index (Phi) is 4.71. The fourth-order valence-corrected chi connectivity index (χ4v) is 3.15. The summed E-state index contributed by atoms with van der Waals surface area (Å²) in [6.45, 7) is 4.85. The highest BCUT2D eigenvalue weighted by Gasteiger charge is 2.20. The van der Waals surface area contributed by atoms with E-state index in [-0.39, 0.29) is 13.0 Å². The first-order valence-corrected chi connectivity index (χ1v) is 8.65. The first-order valence-electron chi connectivity index (χ1n) is 8.65. The van der Waals surface area contributed by atoms with E-state index >= 15 is 0 Å². The first kappa shape index (κ1) is 18.0. The van der Waals surface area contributed by atoms with Crippen molar-refractivity contribution in [3.8, 4) is 0 Å². The normalized spacial score (nSPS) is 11.5. The molecule has 0 saturated heterocycles. The van der Waals surface area contributed by atoms with Gasteiger partial charge in [-0.25, -0.2) is 4.79 Å². The summed E-state index contributed by atoms with van der Waals surface area (Å²) in [4.78, 5) is 41.4. The van der Waals surface area contributed by atoms with Crippen molar-refractivity contribution in [2.45, 2.75) is 46.2 Å². The maximum absolute atomic E-state index is 12.9. The summed E-state index contributed by atoms with van der Waals surface area (Å²) in [5.74, 6) is 0.169. The molecule has 140 valence electrons. The lowest BCUT2D eigenvalue weighted by Gasteiger charge is -2.07. The van der Waals surface area contributed by atoms with E-state index in [4.69, 9.17) is 0 Å². The number of esters is 1. The van der Waals surface area contributed by atoms with E-state index in [0.29, 0.717) is 16.9 Å². The molecule has 3 heterocycles. The minimum absolute atomic E-state index is 0.0309. The van der Waals surface area contributed by atoms with Crippen molar-refractivity contribution in [3.63, 3.8) is 0 Å². The molecule has 0 radical (unpaired) electrons. The number of hydrogen-bond donors (Lipinski definition) is 0. The van der Waals surface area contributed by atoms with Crippen LogP contribution in [0.4, 0.5) is 0 Å². The molecule has 3 aromatic heterocycles. The second-order valence-electron chi connectivity index (χ2n) is 6.35. The Morgan fingerprint density at radius 3 is 2.62 bits per heavy atom. The molecular formula is C17H23N5O4. The second kappa shape index (κ2) is 6.81. The van der Waals surface area contributed by atoms with Crippen LogP contribution in [0, 0.1) is 6.92 Å². The van der Waals surface area contributed by atoms with Gasteiger partial charge in [-0.2, -0.15) is 4.98 Å². The van der Waals surface area contributed by atoms with Gasteiger partial charge < -0.3 is 9.30 Å². The average molecular weight is 361 g/mol. The van der Waals surface area contributed by atoms with Crippen molar-refractivity contribution in [1.82, 2.24) is 23.1 Å². The molecular weight excluding hydrogens is 338 g/mol. The average Bonchev–Trinajstić information content (AvgIpc) is 3.12. The number of ether oxygens (including phenoxy) is 1. The van der Waals surface area contributed by atoms with Crippen LogP contribution >= 0.6 is 0 Å². The van der Waals surface area contributed by atoms with Gasteiger partial charge in [0.2, 0.25) is 5.78 Å². The number of hydrogen-bond acceptors (Lipinski definition) is 5. The first-order chi connectivity index (χ1) is 12.4. The number of aromatic nitrogens is 5. The molecule has 0 N–H and O–H groups in total. The Hall–Kier alpha value is -2.84. The second-order valence-corrected chi connectivity index (χ2v) is 6.35. The molecule has 0 spiro atoms. The number of methoxy groups -OCH3 is 1. The monoisotopic (exact) mass is 361 g/mol. The zero-order chi connectivity index (χ0) is 19.0. The summed E-state index contributed by atoms with van der Waals surface area (Å²) < 4.78 is 10.8. The fraction of sp³-hybridized carbons (Fsp3) is 0.529. The number of aryl methyl sites for hydroxylation is 3. The number of carbonyl (C=O) groups is 1. The van der Waals surface area contributed by atoms with Gasteiger partial charge in [-0.3, -0.25) is 23.1 Å². The van der Waals surface area contributed by atoms with E-state index in [9.17, 15) is 14.4 Å². The highest BCUT2D eigenvalue weighted by molar-refractivity contribution is 5.75. The molecule has 0 aliphatic heterocycles. The summed E-state index contributed by atoms with van der Waals surface area (Å²) >= 11 is 0. The van der Waals surface area contributed by atoms with Gasteiger partial charge >= 0.3 is 11.7 Å². The number of fused-ring (bicyclic) bond motifs is 3. The van der Waals surface area contributed by atoms with Crippen LogP contribution in [0.1, 0.15) is 31.9 Å². The number of carbonyl (C=O) groups excluding carboxylic acids is 1. The van der Waals surface area contributed by atoms with Crippen LogP contribution in [-0.2, 0) is 29.7 Å². The number of imidazole rings is 2. The smallest absolute Gasteiger partial charge is 0.332 e. The Balaban J connectivity index is 2.24. The predicted molar refractivity (Wildman–Crippen MR) is 96.5 cm³/mol. The van der Waals surface area contributed by atoms with Crippen molar-refractivity contribution in [3.05, 3.63) is 32.7 Å². The minimum Gasteiger partial charge on any atom is -0.469 e. The third-order valence-electron chi connectivity index (χ3n) is 4.64. The molecule has 0 aliphatic carbocycles.